The fraction of sp³-hybridized carbons (Fsp3) is 0.263. The number of ether oxygens (including phenoxy) is 2. The topological polar surface area (TPSA) is 98.8 Å². The molecular weight excluding hydrogens is 350 g/mol. The van der Waals surface area contributed by atoms with Gasteiger partial charge in [0.15, 0.2) is 11.5 Å². The van der Waals surface area contributed by atoms with E-state index in [4.69, 9.17) is 13.9 Å². The first kappa shape index (κ1) is 17.0. The van der Waals surface area contributed by atoms with Gasteiger partial charge < -0.3 is 24.3 Å². The zero-order valence-corrected chi connectivity index (χ0v) is 14.9. The summed E-state index contributed by atoms with van der Waals surface area (Å²) >= 11 is 0. The average molecular weight is 369 g/mol. The summed E-state index contributed by atoms with van der Waals surface area (Å²) in [4.78, 5) is 12.4. The molecule has 1 aliphatic heterocycles. The second-order valence-electron chi connectivity index (χ2n) is 6.26. The lowest BCUT2D eigenvalue weighted by Crippen LogP contribution is -2.25. The predicted octanol–water partition coefficient (Wildman–Crippen LogP) is 2.72. The highest BCUT2D eigenvalue weighted by atomic mass is 16.5. The molecule has 27 heavy (non-hydrogen) atoms. The fourth-order valence-electron chi connectivity index (χ4n) is 3.35. The van der Waals surface area contributed by atoms with Crippen LogP contribution in [-0.2, 0) is 11.3 Å². The number of phenolic OH excluding ortho intramolecular Hbond substituents is 1. The Balaban J connectivity index is 1.76. The molecule has 0 saturated carbocycles. The highest BCUT2D eigenvalue weighted by molar-refractivity contribution is 5.94. The molecule has 3 aromatic rings. The van der Waals surface area contributed by atoms with E-state index in [1.165, 1.54) is 14.2 Å². The number of benzene rings is 1. The lowest BCUT2D eigenvalue weighted by atomic mass is 9.87. The van der Waals surface area contributed by atoms with Gasteiger partial charge in [-0.1, -0.05) is 0 Å². The molecule has 0 saturated heterocycles. The Morgan fingerprint density at radius 3 is 2.70 bits per heavy atom. The zero-order valence-electron chi connectivity index (χ0n) is 14.9. The number of furan rings is 1. The maximum absolute atomic E-state index is 12.4. The zero-order chi connectivity index (χ0) is 19.0. The van der Waals surface area contributed by atoms with Crippen LogP contribution < -0.4 is 14.8 Å². The van der Waals surface area contributed by atoms with Crippen LogP contribution in [0.5, 0.6) is 17.2 Å². The number of carbonyl (C=O) groups excluding carboxylic acids is 1. The molecule has 4 rings (SSSR count). The SMILES string of the molecule is COc1cc([C@@H]2CC(=O)Nc3c2cnn3Cc2ccco2)cc(OC)c1O. The summed E-state index contributed by atoms with van der Waals surface area (Å²) in [5.41, 5.74) is 1.69. The Labute approximate surface area is 155 Å². The second kappa shape index (κ2) is 6.71. The number of nitrogens with zero attached hydrogens (tertiary/aromatic N) is 2. The van der Waals surface area contributed by atoms with Gasteiger partial charge >= 0.3 is 0 Å². The minimum atomic E-state index is -0.234. The molecule has 3 heterocycles. The number of aromatic hydroxyl groups is 1. The molecule has 1 aliphatic rings. The molecule has 140 valence electrons. The smallest absolute Gasteiger partial charge is 0.226 e. The Morgan fingerprint density at radius 1 is 1.33 bits per heavy atom. The molecule has 0 aliphatic carbocycles. The number of nitrogens with one attached hydrogen (secondary N) is 1. The van der Waals surface area contributed by atoms with Crippen molar-refractivity contribution in [2.75, 3.05) is 19.5 Å². The van der Waals surface area contributed by atoms with E-state index in [-0.39, 0.29) is 24.0 Å². The van der Waals surface area contributed by atoms with E-state index in [9.17, 15) is 9.90 Å². The number of amides is 1. The predicted molar refractivity (Wildman–Crippen MR) is 96.3 cm³/mol. The van der Waals surface area contributed by atoms with Crippen molar-refractivity contribution in [1.29, 1.82) is 0 Å². The molecule has 0 radical (unpaired) electrons. The molecule has 2 N–H and O–H groups in total. The van der Waals surface area contributed by atoms with Gasteiger partial charge in [0.1, 0.15) is 18.1 Å². The molecule has 0 fully saturated rings. The minimum Gasteiger partial charge on any atom is -0.502 e. The van der Waals surface area contributed by atoms with Crippen molar-refractivity contribution in [3.8, 4) is 17.2 Å². The van der Waals surface area contributed by atoms with E-state index in [1.807, 2.05) is 12.1 Å². The molecule has 2 aromatic heterocycles. The van der Waals surface area contributed by atoms with Crippen molar-refractivity contribution in [3.63, 3.8) is 0 Å². The van der Waals surface area contributed by atoms with Crippen molar-refractivity contribution in [1.82, 2.24) is 9.78 Å². The van der Waals surface area contributed by atoms with Gasteiger partial charge in [0.05, 0.1) is 26.7 Å². The number of phenols is 1. The average Bonchev–Trinajstić information content (AvgIpc) is 3.32. The van der Waals surface area contributed by atoms with Crippen LogP contribution >= 0.6 is 0 Å². The first-order valence-electron chi connectivity index (χ1n) is 8.43. The van der Waals surface area contributed by atoms with Crippen LogP contribution in [0.2, 0.25) is 0 Å². The van der Waals surface area contributed by atoms with E-state index < -0.39 is 0 Å². The Bertz CT molecular complexity index is 952. The number of rotatable bonds is 5. The molecule has 8 heteroatoms. The van der Waals surface area contributed by atoms with Gasteiger partial charge in [0, 0.05) is 17.9 Å². The van der Waals surface area contributed by atoms with Crippen LogP contribution in [0.15, 0.2) is 41.1 Å². The third-order valence-electron chi connectivity index (χ3n) is 4.68. The molecule has 0 bridgehead atoms. The number of hydrogen-bond donors (Lipinski definition) is 2. The molecule has 1 amide bonds. The summed E-state index contributed by atoms with van der Waals surface area (Å²) in [6.45, 7) is 0.414. The van der Waals surface area contributed by atoms with Crippen molar-refractivity contribution in [2.45, 2.75) is 18.9 Å². The van der Waals surface area contributed by atoms with Gasteiger partial charge in [0.25, 0.3) is 0 Å². The highest BCUT2D eigenvalue weighted by Crippen LogP contribution is 2.44. The van der Waals surface area contributed by atoms with Crippen LogP contribution in [0.25, 0.3) is 0 Å². The first-order chi connectivity index (χ1) is 13.1. The number of anilines is 1. The summed E-state index contributed by atoms with van der Waals surface area (Å²) in [7, 11) is 2.94. The van der Waals surface area contributed by atoms with Crippen LogP contribution in [-0.4, -0.2) is 35.0 Å². The number of aromatic nitrogens is 2. The first-order valence-corrected chi connectivity index (χ1v) is 8.43. The quantitative estimate of drug-likeness (QED) is 0.717. The van der Waals surface area contributed by atoms with Gasteiger partial charge in [-0.3, -0.25) is 4.79 Å². The maximum Gasteiger partial charge on any atom is 0.226 e. The summed E-state index contributed by atoms with van der Waals surface area (Å²) < 4.78 is 17.6. The van der Waals surface area contributed by atoms with Crippen LogP contribution in [0, 0.1) is 0 Å². The van der Waals surface area contributed by atoms with Crippen molar-refractivity contribution < 1.29 is 23.8 Å². The standard InChI is InChI=1S/C19H19N3O5/c1-25-15-6-11(7-16(26-2)18(15)24)13-8-17(23)21-19-14(13)9-20-22(19)10-12-4-3-5-27-12/h3-7,9,13,24H,8,10H2,1-2H3,(H,21,23)/t13-/m0/s1. The van der Waals surface area contributed by atoms with Crippen molar-refractivity contribution in [2.24, 2.45) is 0 Å². The lowest BCUT2D eigenvalue weighted by Gasteiger charge is -2.24. The van der Waals surface area contributed by atoms with Gasteiger partial charge in [-0.05, 0) is 29.8 Å². The Morgan fingerprint density at radius 2 is 2.07 bits per heavy atom. The van der Waals surface area contributed by atoms with Gasteiger partial charge in [-0.2, -0.15) is 5.10 Å². The molecule has 1 atom stereocenters. The van der Waals surface area contributed by atoms with E-state index in [0.29, 0.717) is 23.9 Å². The second-order valence-corrected chi connectivity index (χ2v) is 6.26. The summed E-state index contributed by atoms with van der Waals surface area (Å²) in [6.07, 6.45) is 3.60. The van der Waals surface area contributed by atoms with Crippen molar-refractivity contribution >= 4 is 11.7 Å². The Kier molecular flexibility index (Phi) is 4.23. The van der Waals surface area contributed by atoms with Crippen LogP contribution in [0.1, 0.15) is 29.2 Å². The van der Waals surface area contributed by atoms with Gasteiger partial charge in [-0.25, -0.2) is 4.68 Å². The summed E-state index contributed by atoms with van der Waals surface area (Å²) in [6, 6.07) is 7.09. The molecular formula is C19H19N3O5. The highest BCUT2D eigenvalue weighted by Gasteiger charge is 2.31. The third-order valence-corrected chi connectivity index (χ3v) is 4.68. The number of methoxy groups -OCH3 is 2. The summed E-state index contributed by atoms with van der Waals surface area (Å²) in [5.74, 6) is 1.54. The van der Waals surface area contributed by atoms with Gasteiger partial charge in [-0.15, -0.1) is 0 Å². The Hall–Kier alpha value is -3.42. The molecule has 0 unspecified atom stereocenters. The monoisotopic (exact) mass is 369 g/mol. The van der Waals surface area contributed by atoms with Crippen LogP contribution in [0.3, 0.4) is 0 Å². The minimum absolute atomic E-state index is 0.0715. The fourth-order valence-corrected chi connectivity index (χ4v) is 3.35. The van der Waals surface area contributed by atoms with E-state index in [0.717, 1.165) is 16.9 Å². The van der Waals surface area contributed by atoms with Crippen molar-refractivity contribution in [3.05, 3.63) is 53.6 Å². The number of carbonyl (C=O) groups is 1. The van der Waals surface area contributed by atoms with Crippen LogP contribution in [0.4, 0.5) is 5.82 Å². The number of fused-ring (bicyclic) bond motifs is 1. The lowest BCUT2D eigenvalue weighted by molar-refractivity contribution is -0.116. The number of hydrogen-bond acceptors (Lipinski definition) is 6. The third kappa shape index (κ3) is 2.99. The molecule has 8 nitrogen and oxygen atoms in total. The van der Waals surface area contributed by atoms with Gasteiger partial charge in [0.2, 0.25) is 11.7 Å². The normalized spacial score (nSPS) is 15.9. The molecule has 1 aromatic carbocycles. The summed E-state index contributed by atoms with van der Waals surface area (Å²) in [5, 5.41) is 17.5. The largest absolute Gasteiger partial charge is 0.502 e. The van der Waals surface area contributed by atoms with E-state index >= 15 is 0 Å². The maximum atomic E-state index is 12.4. The van der Waals surface area contributed by atoms with E-state index in [2.05, 4.69) is 10.4 Å². The molecule has 0 spiro atoms. The van der Waals surface area contributed by atoms with E-state index in [1.54, 1.807) is 29.3 Å².